The van der Waals surface area contributed by atoms with Crippen molar-refractivity contribution >= 4 is 27.0 Å². The summed E-state index contributed by atoms with van der Waals surface area (Å²) in [6.07, 6.45) is 0. The summed E-state index contributed by atoms with van der Waals surface area (Å²) in [4.78, 5) is 3.91. The van der Waals surface area contributed by atoms with Crippen LogP contribution in [0.3, 0.4) is 0 Å². The topological polar surface area (TPSA) is 97.6 Å². The van der Waals surface area contributed by atoms with Crippen LogP contribution in [0.15, 0.2) is 44.4 Å². The molecule has 0 atom stereocenters. The van der Waals surface area contributed by atoms with E-state index < -0.39 is 15.8 Å². The van der Waals surface area contributed by atoms with E-state index in [0.717, 1.165) is 11.6 Å². The molecule has 0 radical (unpaired) electrons. The monoisotopic (exact) mass is 424 g/mol. The first-order chi connectivity index (χ1) is 13.5. The predicted octanol–water partition coefficient (Wildman–Crippen LogP) is 2.57. The maximum absolute atomic E-state index is 14.2. The van der Waals surface area contributed by atoms with Crippen molar-refractivity contribution in [3.05, 3.63) is 46.7 Å². The number of rotatable bonds is 6. The van der Waals surface area contributed by atoms with Crippen molar-refractivity contribution in [2.45, 2.75) is 11.4 Å². The SMILES string of the molecule is O=S(=O)(c1cc(NCc2nc(-c3ccsc3)no2)ccc1F)N1CCOCC1. The second kappa shape index (κ2) is 7.95. The Labute approximate surface area is 165 Å². The molecule has 8 nitrogen and oxygen atoms in total. The molecule has 1 fully saturated rings. The number of morpholine rings is 1. The number of nitrogens with zero attached hydrogens (tertiary/aromatic N) is 3. The van der Waals surface area contributed by atoms with E-state index in [0.29, 0.717) is 30.6 Å². The number of benzene rings is 1. The van der Waals surface area contributed by atoms with Crippen LogP contribution in [-0.2, 0) is 21.3 Å². The third-order valence-corrected chi connectivity index (χ3v) is 6.81. The van der Waals surface area contributed by atoms with Crippen LogP contribution >= 0.6 is 11.3 Å². The van der Waals surface area contributed by atoms with Gasteiger partial charge in [0.05, 0.1) is 19.8 Å². The zero-order valence-electron chi connectivity index (χ0n) is 14.7. The average molecular weight is 424 g/mol. The number of hydrogen-bond acceptors (Lipinski definition) is 8. The zero-order valence-corrected chi connectivity index (χ0v) is 16.3. The molecule has 0 aliphatic carbocycles. The van der Waals surface area contributed by atoms with Gasteiger partial charge in [-0.1, -0.05) is 5.16 Å². The van der Waals surface area contributed by atoms with Gasteiger partial charge in [-0.25, -0.2) is 12.8 Å². The highest BCUT2D eigenvalue weighted by Crippen LogP contribution is 2.24. The summed E-state index contributed by atoms with van der Waals surface area (Å²) in [5, 5.41) is 10.7. The smallest absolute Gasteiger partial charge is 0.246 e. The lowest BCUT2D eigenvalue weighted by molar-refractivity contribution is 0.0729. The predicted molar refractivity (Wildman–Crippen MR) is 101 cm³/mol. The van der Waals surface area contributed by atoms with Crippen LogP contribution in [0.1, 0.15) is 5.89 Å². The molecule has 0 amide bonds. The van der Waals surface area contributed by atoms with Crippen LogP contribution in [0.2, 0.25) is 0 Å². The van der Waals surface area contributed by atoms with Gasteiger partial charge in [-0.15, -0.1) is 0 Å². The van der Waals surface area contributed by atoms with Gasteiger partial charge in [0, 0.05) is 29.7 Å². The lowest BCUT2D eigenvalue weighted by Crippen LogP contribution is -2.40. The van der Waals surface area contributed by atoms with Crippen LogP contribution in [0.25, 0.3) is 11.4 Å². The third kappa shape index (κ3) is 3.92. The second-order valence-corrected chi connectivity index (χ2v) is 8.73. The lowest BCUT2D eigenvalue weighted by atomic mass is 10.3. The molecule has 2 aromatic heterocycles. The number of nitrogens with one attached hydrogen (secondary N) is 1. The van der Waals surface area contributed by atoms with Crippen LogP contribution in [0.5, 0.6) is 0 Å². The molecule has 0 bridgehead atoms. The quantitative estimate of drug-likeness (QED) is 0.649. The normalized spacial score (nSPS) is 15.6. The molecule has 148 valence electrons. The fourth-order valence-electron chi connectivity index (χ4n) is 2.75. The summed E-state index contributed by atoms with van der Waals surface area (Å²) in [6.45, 7) is 1.17. The average Bonchev–Trinajstić information content (AvgIpc) is 3.39. The van der Waals surface area contributed by atoms with Gasteiger partial charge in [-0.3, -0.25) is 0 Å². The third-order valence-electron chi connectivity index (χ3n) is 4.21. The highest BCUT2D eigenvalue weighted by Gasteiger charge is 2.29. The molecule has 0 spiro atoms. The van der Waals surface area contributed by atoms with Gasteiger partial charge >= 0.3 is 0 Å². The van der Waals surface area contributed by atoms with Gasteiger partial charge in [0.15, 0.2) is 0 Å². The van der Waals surface area contributed by atoms with Gasteiger partial charge in [0.2, 0.25) is 21.7 Å². The van der Waals surface area contributed by atoms with Crippen molar-refractivity contribution in [2.24, 2.45) is 0 Å². The van der Waals surface area contributed by atoms with Crippen LogP contribution in [-0.4, -0.2) is 49.2 Å². The van der Waals surface area contributed by atoms with Gasteiger partial charge in [0.1, 0.15) is 10.7 Å². The van der Waals surface area contributed by atoms with Gasteiger partial charge in [0.25, 0.3) is 0 Å². The van der Waals surface area contributed by atoms with Crippen LogP contribution < -0.4 is 5.32 Å². The van der Waals surface area contributed by atoms with Gasteiger partial charge in [-0.05, 0) is 29.6 Å². The van der Waals surface area contributed by atoms with Gasteiger partial charge in [-0.2, -0.15) is 20.6 Å². The fraction of sp³-hybridized carbons (Fsp3) is 0.294. The second-order valence-electron chi connectivity index (χ2n) is 6.04. The summed E-state index contributed by atoms with van der Waals surface area (Å²) < 4.78 is 51.3. The fourth-order valence-corrected chi connectivity index (χ4v) is 4.88. The molecule has 0 saturated carbocycles. The molecule has 4 rings (SSSR count). The molecule has 1 N–H and O–H groups in total. The summed E-state index contributed by atoms with van der Waals surface area (Å²) in [7, 11) is -3.94. The summed E-state index contributed by atoms with van der Waals surface area (Å²) in [5.74, 6) is 0.0189. The maximum atomic E-state index is 14.2. The van der Waals surface area contributed by atoms with Crippen molar-refractivity contribution in [3.63, 3.8) is 0 Å². The molecular formula is C17H17FN4O4S2. The van der Waals surface area contributed by atoms with Gasteiger partial charge < -0.3 is 14.6 Å². The van der Waals surface area contributed by atoms with E-state index in [2.05, 4.69) is 15.5 Å². The molecule has 0 unspecified atom stereocenters. The van der Waals surface area contributed by atoms with E-state index in [1.165, 1.54) is 27.8 Å². The summed E-state index contributed by atoms with van der Waals surface area (Å²) in [6, 6.07) is 5.75. The lowest BCUT2D eigenvalue weighted by Gasteiger charge is -2.26. The van der Waals surface area contributed by atoms with Crippen LogP contribution in [0.4, 0.5) is 10.1 Å². The first kappa shape index (κ1) is 19.0. The molecule has 1 aliphatic heterocycles. The molecule has 1 saturated heterocycles. The number of anilines is 1. The highest BCUT2D eigenvalue weighted by atomic mass is 32.2. The van der Waals surface area contributed by atoms with E-state index >= 15 is 0 Å². The number of thiophene rings is 1. The molecular weight excluding hydrogens is 407 g/mol. The summed E-state index contributed by atoms with van der Waals surface area (Å²) in [5.41, 5.74) is 1.30. The standard InChI is InChI=1S/C17H17FN4O4S2/c18-14-2-1-13(9-15(14)28(23,24)22-4-6-25-7-5-22)19-10-16-20-17(21-26-16)12-3-8-27-11-12/h1-3,8-9,11,19H,4-7,10H2. The minimum absolute atomic E-state index is 0.180. The van der Waals surface area contributed by atoms with E-state index in [1.807, 2.05) is 16.8 Å². The van der Waals surface area contributed by atoms with Crippen molar-refractivity contribution in [2.75, 3.05) is 31.6 Å². The molecule has 1 aromatic carbocycles. The molecule has 1 aliphatic rings. The summed E-state index contributed by atoms with van der Waals surface area (Å²) >= 11 is 1.53. The zero-order chi connectivity index (χ0) is 19.6. The Morgan fingerprint density at radius 1 is 1.25 bits per heavy atom. The Morgan fingerprint density at radius 2 is 2.07 bits per heavy atom. The molecule has 3 heterocycles. The van der Waals surface area contributed by atoms with Crippen LogP contribution in [0, 0.1) is 5.82 Å². The van der Waals surface area contributed by atoms with E-state index in [-0.39, 0.29) is 24.5 Å². The minimum atomic E-state index is -3.94. The Hall–Kier alpha value is -2.34. The van der Waals surface area contributed by atoms with Crippen molar-refractivity contribution in [1.29, 1.82) is 0 Å². The molecule has 11 heteroatoms. The maximum Gasteiger partial charge on any atom is 0.246 e. The number of aromatic nitrogens is 2. The number of sulfonamides is 1. The minimum Gasteiger partial charge on any atom is -0.379 e. The Kier molecular flexibility index (Phi) is 5.40. The first-order valence-corrected chi connectivity index (χ1v) is 10.9. The molecule has 28 heavy (non-hydrogen) atoms. The molecule has 3 aromatic rings. The Balaban J connectivity index is 1.49. The van der Waals surface area contributed by atoms with Crippen molar-refractivity contribution in [3.8, 4) is 11.4 Å². The van der Waals surface area contributed by atoms with E-state index in [9.17, 15) is 12.8 Å². The van der Waals surface area contributed by atoms with E-state index in [1.54, 1.807) is 0 Å². The largest absolute Gasteiger partial charge is 0.379 e. The van der Waals surface area contributed by atoms with E-state index in [4.69, 9.17) is 9.26 Å². The Bertz CT molecular complexity index is 1050. The highest BCUT2D eigenvalue weighted by molar-refractivity contribution is 7.89. The van der Waals surface area contributed by atoms with Crippen molar-refractivity contribution < 1.29 is 22.1 Å². The number of ether oxygens (including phenoxy) is 1. The number of halogens is 1. The van der Waals surface area contributed by atoms with Crippen molar-refractivity contribution in [1.82, 2.24) is 14.4 Å². The Morgan fingerprint density at radius 3 is 2.82 bits per heavy atom. The number of hydrogen-bond donors (Lipinski definition) is 1. The first-order valence-electron chi connectivity index (χ1n) is 8.50.